The summed E-state index contributed by atoms with van der Waals surface area (Å²) in [6, 6.07) is 11.5. The zero-order valence-electron chi connectivity index (χ0n) is 15.9. The van der Waals surface area contributed by atoms with Gasteiger partial charge in [0.25, 0.3) is 0 Å². The Balaban J connectivity index is 2.00. The number of aliphatic carboxylic acids is 1. The summed E-state index contributed by atoms with van der Waals surface area (Å²) in [5.41, 5.74) is 3.35. The second-order valence-corrected chi connectivity index (χ2v) is 7.56. The average molecular weight is 399 g/mol. The maximum atomic E-state index is 11.0. The summed E-state index contributed by atoms with van der Waals surface area (Å²) in [4.78, 5) is 15.7. The molecule has 1 atom stereocenters. The number of pyridine rings is 1. The van der Waals surface area contributed by atoms with Crippen molar-refractivity contribution in [2.45, 2.75) is 32.1 Å². The van der Waals surface area contributed by atoms with E-state index in [0.717, 1.165) is 35.2 Å². The molecular weight excluding hydrogens is 376 g/mol. The molecule has 0 radical (unpaired) electrons. The number of methoxy groups -OCH3 is 1. The van der Waals surface area contributed by atoms with Crippen LogP contribution >= 0.6 is 11.6 Å². The first-order chi connectivity index (χ1) is 13.4. The molecule has 0 bridgehead atoms. The fourth-order valence-corrected chi connectivity index (χ4v) is 3.31. The lowest BCUT2D eigenvalue weighted by Crippen LogP contribution is -2.14. The third kappa shape index (κ3) is 4.78. The van der Waals surface area contributed by atoms with Gasteiger partial charge in [-0.05, 0) is 48.4 Å². The van der Waals surface area contributed by atoms with Gasteiger partial charge in [-0.3, -0.25) is 5.41 Å². The van der Waals surface area contributed by atoms with Crippen molar-refractivity contribution >= 4 is 28.9 Å². The predicted molar refractivity (Wildman–Crippen MR) is 110 cm³/mol. The van der Waals surface area contributed by atoms with Gasteiger partial charge in [0.2, 0.25) is 5.88 Å². The summed E-state index contributed by atoms with van der Waals surface area (Å²) in [5, 5.41) is 17.3. The number of benzene rings is 1. The van der Waals surface area contributed by atoms with E-state index < -0.39 is 5.97 Å². The maximum absolute atomic E-state index is 11.0. The molecule has 0 saturated heterocycles. The van der Waals surface area contributed by atoms with Gasteiger partial charge >= 0.3 is 5.97 Å². The van der Waals surface area contributed by atoms with E-state index in [9.17, 15) is 4.79 Å². The van der Waals surface area contributed by atoms with Crippen LogP contribution in [-0.2, 0) is 4.79 Å². The first kappa shape index (κ1) is 20.1. The van der Waals surface area contributed by atoms with Crippen LogP contribution in [0.25, 0.3) is 5.57 Å². The van der Waals surface area contributed by atoms with Crippen LogP contribution in [0.1, 0.15) is 48.9 Å². The molecule has 2 aromatic rings. The Morgan fingerprint density at radius 3 is 2.57 bits per heavy atom. The summed E-state index contributed by atoms with van der Waals surface area (Å²) >= 11 is 6.03. The Labute approximate surface area is 169 Å². The van der Waals surface area contributed by atoms with Crippen molar-refractivity contribution < 1.29 is 14.6 Å². The second-order valence-electron chi connectivity index (χ2n) is 7.12. The van der Waals surface area contributed by atoms with Gasteiger partial charge < -0.3 is 9.84 Å². The number of hydrogen-bond donors (Lipinski definition) is 2. The molecule has 1 aliphatic rings. The summed E-state index contributed by atoms with van der Waals surface area (Å²) in [5.74, 6) is -0.188. The summed E-state index contributed by atoms with van der Waals surface area (Å²) < 4.78 is 5.52. The van der Waals surface area contributed by atoms with Crippen LogP contribution in [0.3, 0.4) is 0 Å². The zero-order chi connectivity index (χ0) is 20.3. The van der Waals surface area contributed by atoms with E-state index in [1.54, 1.807) is 7.11 Å². The number of rotatable bonds is 8. The number of hydrogen-bond acceptors (Lipinski definition) is 4. The highest BCUT2D eigenvalue weighted by Crippen LogP contribution is 2.44. The molecule has 3 rings (SSSR count). The Morgan fingerprint density at radius 1 is 1.32 bits per heavy atom. The minimum atomic E-state index is -1.19. The second kappa shape index (κ2) is 8.57. The lowest BCUT2D eigenvalue weighted by molar-refractivity contribution is -0.129. The van der Waals surface area contributed by atoms with E-state index in [2.05, 4.69) is 6.07 Å². The van der Waals surface area contributed by atoms with Crippen molar-refractivity contribution in [3.05, 3.63) is 64.3 Å². The van der Waals surface area contributed by atoms with Gasteiger partial charge in [-0.25, -0.2) is 9.78 Å². The van der Waals surface area contributed by atoms with Gasteiger partial charge in [-0.15, -0.1) is 0 Å². The SMILES string of the molecule is COc1nc(C(=C[C@H](C)CC(=N)C(=O)O)c2ccc(Cl)cc2)ccc1C1CC1. The zero-order valence-corrected chi connectivity index (χ0v) is 16.7. The number of aromatic nitrogens is 1. The summed E-state index contributed by atoms with van der Waals surface area (Å²) in [6.45, 7) is 1.89. The van der Waals surface area contributed by atoms with E-state index >= 15 is 0 Å². The van der Waals surface area contributed by atoms with Crippen LogP contribution in [0.4, 0.5) is 0 Å². The number of nitrogens with one attached hydrogen (secondary N) is 1. The van der Waals surface area contributed by atoms with Crippen molar-refractivity contribution in [1.82, 2.24) is 4.98 Å². The van der Waals surface area contributed by atoms with Crippen LogP contribution in [-0.4, -0.2) is 28.9 Å². The van der Waals surface area contributed by atoms with Crippen LogP contribution in [0.2, 0.25) is 5.02 Å². The minimum Gasteiger partial charge on any atom is -0.481 e. The molecule has 1 heterocycles. The van der Waals surface area contributed by atoms with Crippen molar-refractivity contribution in [1.29, 1.82) is 5.41 Å². The van der Waals surface area contributed by atoms with Crippen LogP contribution in [0.15, 0.2) is 42.5 Å². The number of allylic oxidation sites excluding steroid dienone is 1. The van der Waals surface area contributed by atoms with Gasteiger partial charge in [0, 0.05) is 22.6 Å². The number of ether oxygens (including phenoxy) is 1. The number of carboxylic acid groups (broad SMARTS) is 1. The van der Waals surface area contributed by atoms with E-state index in [1.807, 2.05) is 43.3 Å². The van der Waals surface area contributed by atoms with Crippen LogP contribution in [0, 0.1) is 11.3 Å². The first-order valence-electron chi connectivity index (χ1n) is 9.22. The van der Waals surface area contributed by atoms with E-state index in [1.165, 1.54) is 0 Å². The highest BCUT2D eigenvalue weighted by atomic mass is 35.5. The van der Waals surface area contributed by atoms with Crippen LogP contribution < -0.4 is 4.74 Å². The van der Waals surface area contributed by atoms with Crippen molar-refractivity contribution in [3.8, 4) is 5.88 Å². The van der Waals surface area contributed by atoms with Gasteiger partial charge in [-0.2, -0.15) is 0 Å². The lowest BCUT2D eigenvalue weighted by Gasteiger charge is -2.14. The number of carbonyl (C=O) groups is 1. The molecule has 0 unspecified atom stereocenters. The molecule has 6 heteroatoms. The molecule has 28 heavy (non-hydrogen) atoms. The number of halogens is 1. The fourth-order valence-electron chi connectivity index (χ4n) is 3.18. The van der Waals surface area contributed by atoms with E-state index in [-0.39, 0.29) is 18.1 Å². The Bertz CT molecular complexity index is 918. The van der Waals surface area contributed by atoms with Crippen molar-refractivity contribution in [2.24, 2.45) is 5.92 Å². The average Bonchev–Trinajstić information content (AvgIpc) is 3.51. The molecule has 1 aliphatic carbocycles. The molecule has 1 aromatic carbocycles. The molecule has 146 valence electrons. The summed E-state index contributed by atoms with van der Waals surface area (Å²) in [6.07, 6.45) is 4.42. The normalized spacial score (nSPS) is 15.2. The monoisotopic (exact) mass is 398 g/mol. The van der Waals surface area contributed by atoms with E-state index in [0.29, 0.717) is 16.8 Å². The van der Waals surface area contributed by atoms with E-state index in [4.69, 9.17) is 31.8 Å². The molecule has 0 spiro atoms. The van der Waals surface area contributed by atoms with Crippen molar-refractivity contribution in [2.75, 3.05) is 7.11 Å². The molecule has 0 aliphatic heterocycles. The van der Waals surface area contributed by atoms with Gasteiger partial charge in [0.15, 0.2) is 0 Å². The predicted octanol–water partition coefficient (Wildman–Crippen LogP) is 5.18. The standard InChI is InChI=1S/C22H23ClN2O3/c1-13(12-19(24)22(26)27)11-18(15-5-7-16(23)8-6-15)20-10-9-17(14-3-4-14)21(25-20)28-2/h5-11,13-14,24H,3-4,12H2,1-2H3,(H,26,27)/t13-/m0/s1. The Morgan fingerprint density at radius 2 is 2.00 bits per heavy atom. The third-order valence-electron chi connectivity index (χ3n) is 4.77. The topological polar surface area (TPSA) is 83.3 Å². The lowest BCUT2D eigenvalue weighted by atomic mass is 9.94. The fraction of sp³-hybridized carbons (Fsp3) is 0.318. The first-order valence-corrected chi connectivity index (χ1v) is 9.60. The van der Waals surface area contributed by atoms with Crippen LogP contribution in [0.5, 0.6) is 5.88 Å². The molecule has 0 amide bonds. The van der Waals surface area contributed by atoms with Gasteiger partial charge in [0.05, 0.1) is 12.8 Å². The maximum Gasteiger partial charge on any atom is 0.349 e. The minimum absolute atomic E-state index is 0.143. The van der Waals surface area contributed by atoms with Gasteiger partial charge in [0.1, 0.15) is 5.71 Å². The molecule has 1 aromatic heterocycles. The molecule has 5 nitrogen and oxygen atoms in total. The van der Waals surface area contributed by atoms with Gasteiger partial charge in [-0.1, -0.05) is 42.8 Å². The smallest absolute Gasteiger partial charge is 0.349 e. The Kier molecular flexibility index (Phi) is 6.15. The molecular formula is C22H23ClN2O3. The Hall–Kier alpha value is -2.66. The molecule has 1 saturated carbocycles. The highest BCUT2D eigenvalue weighted by Gasteiger charge is 2.28. The number of carboxylic acids is 1. The highest BCUT2D eigenvalue weighted by molar-refractivity contribution is 6.34. The quantitative estimate of drug-likeness (QED) is 0.600. The molecule has 1 fully saturated rings. The largest absolute Gasteiger partial charge is 0.481 e. The van der Waals surface area contributed by atoms with Crippen molar-refractivity contribution in [3.63, 3.8) is 0 Å². The summed E-state index contributed by atoms with van der Waals surface area (Å²) in [7, 11) is 1.63. The third-order valence-corrected chi connectivity index (χ3v) is 5.02. The number of nitrogens with zero attached hydrogens (tertiary/aromatic N) is 1. The molecule has 2 N–H and O–H groups in total.